The lowest BCUT2D eigenvalue weighted by molar-refractivity contribution is -0.870. The van der Waals surface area contributed by atoms with E-state index in [0.717, 1.165) is 64.2 Å². The Kier molecular flexibility index (Phi) is 74.3. The van der Waals surface area contributed by atoms with E-state index in [0.29, 0.717) is 23.9 Å². The normalized spacial score (nSPS) is 12.9. The summed E-state index contributed by atoms with van der Waals surface area (Å²) in [5, 5.41) is 11.9. The van der Waals surface area contributed by atoms with Crippen LogP contribution >= 0.6 is 0 Å². The minimum Gasteiger partial charge on any atom is -0.545 e. The molecule has 0 amide bonds. The van der Waals surface area contributed by atoms with E-state index in [2.05, 4.69) is 74.6 Å². The first kappa shape index (κ1) is 92.0. The fourth-order valence-electron chi connectivity index (χ4n) is 12.5. The molecule has 0 spiro atoms. The Labute approximate surface area is 590 Å². The van der Waals surface area contributed by atoms with Crippen molar-refractivity contribution < 1.29 is 42.9 Å². The van der Waals surface area contributed by atoms with Gasteiger partial charge in [0.1, 0.15) is 13.2 Å². The number of nitrogens with zero attached hydrogens (tertiary/aromatic N) is 1. The van der Waals surface area contributed by atoms with Crippen molar-refractivity contribution in [2.75, 3.05) is 47.5 Å². The molecule has 95 heavy (non-hydrogen) atoms. The quantitative estimate of drug-likeness (QED) is 0.0195. The van der Waals surface area contributed by atoms with E-state index in [-0.39, 0.29) is 32.2 Å². The summed E-state index contributed by atoms with van der Waals surface area (Å²) in [7, 11) is 5.95. The summed E-state index contributed by atoms with van der Waals surface area (Å²) in [6.45, 7) is 4.71. The van der Waals surface area contributed by atoms with Gasteiger partial charge in [-0.2, -0.15) is 0 Å². The van der Waals surface area contributed by atoms with Gasteiger partial charge in [-0.3, -0.25) is 9.59 Å². The molecule has 2 atom stereocenters. The molecule has 0 aliphatic carbocycles. The molecule has 9 nitrogen and oxygen atoms in total. The monoisotopic (exact) mass is 1330 g/mol. The van der Waals surface area contributed by atoms with E-state index in [1.54, 1.807) is 0 Å². The van der Waals surface area contributed by atoms with Crippen molar-refractivity contribution in [3.8, 4) is 0 Å². The van der Waals surface area contributed by atoms with Gasteiger partial charge >= 0.3 is 11.9 Å². The smallest absolute Gasteiger partial charge is 0.306 e. The number of rotatable bonds is 78. The molecule has 0 aromatic heterocycles. The summed E-state index contributed by atoms with van der Waals surface area (Å²) in [5.41, 5.74) is 0. The minimum absolute atomic E-state index is 0.149. The predicted octanol–water partition coefficient (Wildman–Crippen LogP) is 25.3. The Bertz CT molecular complexity index is 1750. The Hall–Kier alpha value is -3.01. The molecule has 0 aromatic rings. The maximum Gasteiger partial charge on any atom is 0.306 e. The van der Waals surface area contributed by atoms with Crippen molar-refractivity contribution >= 4 is 17.9 Å². The molecule has 0 saturated heterocycles. The lowest BCUT2D eigenvalue weighted by Gasteiger charge is -2.26. The third kappa shape index (κ3) is 78.2. The van der Waals surface area contributed by atoms with Gasteiger partial charge in [0.15, 0.2) is 12.4 Å². The van der Waals surface area contributed by atoms with E-state index < -0.39 is 24.3 Å². The number of hydrogen-bond donors (Lipinski definition) is 0. The minimum atomic E-state index is -1.62. The SMILES string of the molecule is CC/C=C\C/C=C\C/C=C\C/C=C\C/C=C\CCCCCCCCCCCCCCCCCCCC(=O)OC(COC(=O)CCCCCCCCCCCCCCCCCCCCCCCCCCCCCCCCCCCCCCC)COC(OCC[N+](C)(C)C)C(=O)[O-]. The van der Waals surface area contributed by atoms with E-state index in [9.17, 15) is 19.5 Å². The summed E-state index contributed by atoms with van der Waals surface area (Å²) in [4.78, 5) is 37.6. The summed E-state index contributed by atoms with van der Waals surface area (Å²) in [6, 6.07) is 0. The molecule has 556 valence electrons. The number of esters is 2. The average molecular weight is 1340 g/mol. The van der Waals surface area contributed by atoms with E-state index in [1.165, 1.54) is 315 Å². The molecule has 0 aliphatic rings. The fourth-order valence-corrected chi connectivity index (χ4v) is 12.5. The van der Waals surface area contributed by atoms with Gasteiger partial charge in [0.25, 0.3) is 0 Å². The molecule has 0 rings (SSSR count). The van der Waals surface area contributed by atoms with Gasteiger partial charge in [-0.15, -0.1) is 0 Å². The highest BCUT2D eigenvalue weighted by molar-refractivity contribution is 5.70. The number of allylic oxidation sites excluding steroid dienone is 10. The fraction of sp³-hybridized carbons (Fsp3) is 0.849. The van der Waals surface area contributed by atoms with E-state index in [4.69, 9.17) is 18.9 Å². The zero-order chi connectivity index (χ0) is 69.0. The standard InChI is InChI=1S/C86H159NO8/c1-6-8-10-12-14-16-18-20-22-24-26-28-30-32-34-36-38-40-41-42-43-45-46-48-50-52-54-56-58-60-62-64-66-68-70-72-74-76-83(88)93-80-82(81-94-86(85(90)91)92-79-78-87(3,4)5)95-84(89)77-75-73-71-69-67-65-63-61-59-57-55-53-51-49-47-44-39-37-35-33-31-29-27-25-23-21-19-17-15-13-11-9-7-2/h9,11,15,17,21,23,27,29,33,35,82,86H,6-8,10,12-14,16,18-20,22,24-26,28,30-32,34,36-81H2,1-5H3/b11-9-,17-15-,23-21-,29-27-,35-33-. The molecular formula is C86H159NO8. The molecule has 0 radical (unpaired) electrons. The molecular weight excluding hydrogens is 1170 g/mol. The van der Waals surface area contributed by atoms with Crippen molar-refractivity contribution in [2.24, 2.45) is 0 Å². The third-order valence-electron chi connectivity index (χ3n) is 18.8. The first-order valence-electron chi connectivity index (χ1n) is 41.4. The summed E-state index contributed by atoms with van der Waals surface area (Å²) >= 11 is 0. The second kappa shape index (κ2) is 76.7. The Morgan fingerprint density at radius 1 is 0.326 bits per heavy atom. The summed E-state index contributed by atoms with van der Waals surface area (Å²) in [5.74, 6) is -2.25. The molecule has 0 heterocycles. The van der Waals surface area contributed by atoms with Crippen LogP contribution in [0.25, 0.3) is 0 Å². The van der Waals surface area contributed by atoms with Crippen molar-refractivity contribution in [2.45, 2.75) is 424 Å². The van der Waals surface area contributed by atoms with Crippen LogP contribution in [0.1, 0.15) is 412 Å². The van der Waals surface area contributed by atoms with Crippen molar-refractivity contribution in [1.82, 2.24) is 0 Å². The number of quaternary nitrogens is 1. The molecule has 0 aromatic carbocycles. The van der Waals surface area contributed by atoms with Gasteiger partial charge in [0, 0.05) is 12.8 Å². The number of ether oxygens (including phenoxy) is 4. The highest BCUT2D eigenvalue weighted by Crippen LogP contribution is 2.20. The number of aliphatic carboxylic acids is 1. The van der Waals surface area contributed by atoms with E-state index >= 15 is 0 Å². The van der Waals surface area contributed by atoms with Gasteiger partial charge in [-0.25, -0.2) is 0 Å². The van der Waals surface area contributed by atoms with Gasteiger partial charge in [-0.05, 0) is 57.8 Å². The number of carbonyl (C=O) groups is 3. The number of hydrogen-bond acceptors (Lipinski definition) is 8. The zero-order valence-corrected chi connectivity index (χ0v) is 63.8. The number of likely N-dealkylation sites (N-methyl/N-ethyl adjacent to an activating group) is 1. The lowest BCUT2D eigenvalue weighted by atomic mass is 10.0. The van der Waals surface area contributed by atoms with Gasteiger partial charge in [-0.1, -0.05) is 402 Å². The molecule has 0 N–H and O–H groups in total. The molecule has 9 heteroatoms. The van der Waals surface area contributed by atoms with Gasteiger partial charge in [0.2, 0.25) is 0 Å². The molecule has 0 aliphatic heterocycles. The Morgan fingerprint density at radius 3 is 0.895 bits per heavy atom. The topological polar surface area (TPSA) is 111 Å². The average Bonchev–Trinajstić information content (AvgIpc) is 3.75. The largest absolute Gasteiger partial charge is 0.545 e. The van der Waals surface area contributed by atoms with Gasteiger partial charge in [0.05, 0.1) is 40.3 Å². The Morgan fingerprint density at radius 2 is 0.600 bits per heavy atom. The lowest BCUT2D eigenvalue weighted by Crippen LogP contribution is -2.44. The maximum atomic E-state index is 13.0. The van der Waals surface area contributed by atoms with Crippen molar-refractivity contribution in [3.05, 3.63) is 60.8 Å². The third-order valence-corrected chi connectivity index (χ3v) is 18.8. The van der Waals surface area contributed by atoms with Crippen molar-refractivity contribution in [1.29, 1.82) is 0 Å². The number of unbranched alkanes of at least 4 members (excludes halogenated alkanes) is 53. The second-order valence-corrected chi connectivity index (χ2v) is 29.4. The highest BCUT2D eigenvalue weighted by atomic mass is 16.7. The summed E-state index contributed by atoms with van der Waals surface area (Å²) in [6.07, 6.45) is 99.4. The molecule has 0 saturated carbocycles. The van der Waals surface area contributed by atoms with Crippen LogP contribution in [0.5, 0.6) is 0 Å². The van der Waals surface area contributed by atoms with Gasteiger partial charge < -0.3 is 33.3 Å². The highest BCUT2D eigenvalue weighted by Gasteiger charge is 2.22. The number of carboxylic acids is 1. The first-order valence-corrected chi connectivity index (χ1v) is 41.4. The number of carboxylic acid groups (broad SMARTS) is 1. The van der Waals surface area contributed by atoms with Crippen LogP contribution in [-0.4, -0.2) is 82.3 Å². The summed E-state index contributed by atoms with van der Waals surface area (Å²) < 4.78 is 22.9. The van der Waals surface area contributed by atoms with Crippen LogP contribution in [0.2, 0.25) is 0 Å². The maximum absolute atomic E-state index is 13.0. The van der Waals surface area contributed by atoms with Crippen molar-refractivity contribution in [3.63, 3.8) is 0 Å². The number of carbonyl (C=O) groups excluding carboxylic acids is 3. The van der Waals surface area contributed by atoms with Crippen LogP contribution in [-0.2, 0) is 33.3 Å². The zero-order valence-electron chi connectivity index (χ0n) is 63.8. The Balaban J connectivity index is 3.95. The first-order chi connectivity index (χ1) is 46.6. The van der Waals surface area contributed by atoms with Crippen LogP contribution in [0, 0.1) is 0 Å². The van der Waals surface area contributed by atoms with Crippen LogP contribution in [0.4, 0.5) is 0 Å². The molecule has 0 bridgehead atoms. The van der Waals surface area contributed by atoms with Crippen LogP contribution < -0.4 is 5.11 Å². The predicted molar refractivity (Wildman–Crippen MR) is 408 cm³/mol. The molecule has 0 fully saturated rings. The van der Waals surface area contributed by atoms with E-state index in [1.807, 2.05) is 21.1 Å². The van der Waals surface area contributed by atoms with Crippen LogP contribution in [0.15, 0.2) is 60.8 Å². The molecule has 2 unspecified atom stereocenters. The second-order valence-electron chi connectivity index (χ2n) is 29.4. The van der Waals surface area contributed by atoms with Crippen LogP contribution in [0.3, 0.4) is 0 Å².